The minimum atomic E-state index is -0.341. The molecule has 0 saturated carbocycles. The first kappa shape index (κ1) is 17.9. The number of rotatable bonds is 7. The molecule has 0 spiro atoms. The van der Waals surface area contributed by atoms with E-state index in [9.17, 15) is 4.79 Å². The Hall–Kier alpha value is -2.95. The summed E-state index contributed by atoms with van der Waals surface area (Å²) in [6.45, 7) is 5.09. The monoisotopic (exact) mass is 353 g/mol. The zero-order valence-electron chi connectivity index (χ0n) is 15.3. The van der Waals surface area contributed by atoms with Gasteiger partial charge in [0.05, 0.1) is 13.7 Å². The molecule has 0 aliphatic rings. The van der Waals surface area contributed by atoms with Crippen LogP contribution in [0.1, 0.15) is 25.0 Å². The van der Waals surface area contributed by atoms with Gasteiger partial charge in [0.1, 0.15) is 5.58 Å². The average molecular weight is 353 g/mol. The quantitative estimate of drug-likeness (QED) is 0.639. The first-order valence-corrected chi connectivity index (χ1v) is 8.75. The molecule has 0 radical (unpaired) electrons. The number of anilines is 1. The van der Waals surface area contributed by atoms with E-state index in [1.807, 2.05) is 37.3 Å². The van der Waals surface area contributed by atoms with Crippen LogP contribution in [0.2, 0.25) is 0 Å². The van der Waals surface area contributed by atoms with Gasteiger partial charge in [-0.1, -0.05) is 19.1 Å². The zero-order valence-corrected chi connectivity index (χ0v) is 15.3. The molecule has 3 rings (SSSR count). The third-order valence-corrected chi connectivity index (χ3v) is 4.25. The Morgan fingerprint density at radius 3 is 2.62 bits per heavy atom. The fourth-order valence-electron chi connectivity index (χ4n) is 2.89. The van der Waals surface area contributed by atoms with Gasteiger partial charge >= 0.3 is 5.63 Å². The van der Waals surface area contributed by atoms with Gasteiger partial charge < -0.3 is 19.2 Å². The highest BCUT2D eigenvalue weighted by atomic mass is 16.5. The molecule has 1 N–H and O–H groups in total. The van der Waals surface area contributed by atoms with Gasteiger partial charge in [-0.25, -0.2) is 4.79 Å². The topological polar surface area (TPSA) is 60.7 Å². The van der Waals surface area contributed by atoms with E-state index >= 15 is 0 Å². The van der Waals surface area contributed by atoms with Gasteiger partial charge in [0.15, 0.2) is 11.5 Å². The Bertz CT molecular complexity index is 962. The highest BCUT2D eigenvalue weighted by Crippen LogP contribution is 2.30. The summed E-state index contributed by atoms with van der Waals surface area (Å²) in [5, 5.41) is 4.27. The van der Waals surface area contributed by atoms with Crippen molar-refractivity contribution in [2.45, 2.75) is 26.8 Å². The predicted molar refractivity (Wildman–Crippen MR) is 103 cm³/mol. The number of methoxy groups -OCH3 is 1. The third-order valence-electron chi connectivity index (χ3n) is 4.25. The summed E-state index contributed by atoms with van der Waals surface area (Å²) in [5.74, 6) is 1.38. The minimum absolute atomic E-state index is 0.341. The molecule has 0 aliphatic carbocycles. The lowest BCUT2D eigenvalue weighted by molar-refractivity contribution is 0.311. The number of fused-ring (bicyclic) bond motifs is 1. The zero-order chi connectivity index (χ0) is 18.5. The molecule has 0 bridgehead atoms. The van der Waals surface area contributed by atoms with Crippen molar-refractivity contribution in [1.29, 1.82) is 0 Å². The highest BCUT2D eigenvalue weighted by Gasteiger charge is 2.08. The Morgan fingerprint density at radius 1 is 1.04 bits per heavy atom. The van der Waals surface area contributed by atoms with Gasteiger partial charge in [0.25, 0.3) is 0 Å². The fraction of sp³-hybridized carbons (Fsp3) is 0.286. The van der Waals surface area contributed by atoms with E-state index < -0.39 is 0 Å². The molecule has 5 heteroatoms. The molecule has 2 aromatic carbocycles. The van der Waals surface area contributed by atoms with E-state index in [0.717, 1.165) is 28.6 Å². The summed E-state index contributed by atoms with van der Waals surface area (Å²) in [7, 11) is 1.61. The van der Waals surface area contributed by atoms with Gasteiger partial charge in [-0.15, -0.1) is 0 Å². The number of nitrogens with one attached hydrogen (secondary N) is 1. The summed E-state index contributed by atoms with van der Waals surface area (Å²) >= 11 is 0. The predicted octanol–water partition coefficient (Wildman–Crippen LogP) is 4.37. The second kappa shape index (κ2) is 7.95. The second-order valence-electron chi connectivity index (χ2n) is 5.93. The van der Waals surface area contributed by atoms with Gasteiger partial charge in [0.2, 0.25) is 0 Å². The maximum absolute atomic E-state index is 11.9. The SMILES string of the molecule is CCOc1ccc(NCc2cc(=O)oc3cc(CC)ccc23)cc1OC. The maximum atomic E-state index is 11.9. The van der Waals surface area contributed by atoms with Crippen molar-refractivity contribution in [1.82, 2.24) is 0 Å². The Labute approximate surface area is 152 Å². The van der Waals surface area contributed by atoms with E-state index in [2.05, 4.69) is 18.3 Å². The Kier molecular flexibility index (Phi) is 5.46. The number of aryl methyl sites for hydroxylation is 1. The molecule has 1 heterocycles. The maximum Gasteiger partial charge on any atom is 0.336 e. The molecule has 0 saturated heterocycles. The van der Waals surface area contributed by atoms with Crippen LogP contribution < -0.4 is 20.4 Å². The normalized spacial score (nSPS) is 10.7. The van der Waals surface area contributed by atoms with Crippen LogP contribution in [0.15, 0.2) is 51.7 Å². The average Bonchev–Trinajstić information content (AvgIpc) is 2.66. The summed E-state index contributed by atoms with van der Waals surface area (Å²) in [5.41, 5.74) is 3.20. The molecule has 136 valence electrons. The van der Waals surface area contributed by atoms with E-state index in [-0.39, 0.29) is 5.63 Å². The van der Waals surface area contributed by atoms with Crippen LogP contribution in [0.4, 0.5) is 5.69 Å². The third kappa shape index (κ3) is 3.82. The largest absolute Gasteiger partial charge is 0.493 e. The smallest absolute Gasteiger partial charge is 0.336 e. The summed E-state index contributed by atoms with van der Waals surface area (Å²) in [6, 6.07) is 13.2. The fourth-order valence-corrected chi connectivity index (χ4v) is 2.89. The lowest BCUT2D eigenvalue weighted by Crippen LogP contribution is -2.06. The summed E-state index contributed by atoms with van der Waals surface area (Å²) in [6.07, 6.45) is 0.897. The lowest BCUT2D eigenvalue weighted by Gasteiger charge is -2.13. The van der Waals surface area contributed by atoms with Gasteiger partial charge in [-0.3, -0.25) is 0 Å². The van der Waals surface area contributed by atoms with Crippen molar-refractivity contribution >= 4 is 16.7 Å². The molecule has 5 nitrogen and oxygen atoms in total. The molecule has 0 fully saturated rings. The molecule has 1 aromatic heterocycles. The van der Waals surface area contributed by atoms with Crippen LogP contribution in [-0.2, 0) is 13.0 Å². The molecular formula is C21H23NO4. The number of hydrogen-bond donors (Lipinski definition) is 1. The number of ether oxygens (including phenoxy) is 2. The lowest BCUT2D eigenvalue weighted by atomic mass is 10.1. The van der Waals surface area contributed by atoms with Gasteiger partial charge in [-0.2, -0.15) is 0 Å². The molecule has 0 atom stereocenters. The van der Waals surface area contributed by atoms with Crippen LogP contribution >= 0.6 is 0 Å². The first-order chi connectivity index (χ1) is 12.6. The van der Waals surface area contributed by atoms with Crippen LogP contribution in [0.5, 0.6) is 11.5 Å². The van der Waals surface area contributed by atoms with Gasteiger partial charge in [0, 0.05) is 29.8 Å². The molecule has 0 amide bonds. The molecule has 26 heavy (non-hydrogen) atoms. The van der Waals surface area contributed by atoms with E-state index in [4.69, 9.17) is 13.9 Å². The summed E-state index contributed by atoms with van der Waals surface area (Å²) < 4.78 is 16.3. The van der Waals surface area contributed by atoms with Crippen molar-refractivity contribution in [3.05, 3.63) is 64.0 Å². The van der Waals surface area contributed by atoms with Crippen molar-refractivity contribution in [3.8, 4) is 11.5 Å². The molecular weight excluding hydrogens is 330 g/mol. The van der Waals surface area contributed by atoms with Crippen LogP contribution in [0.3, 0.4) is 0 Å². The van der Waals surface area contributed by atoms with Crippen LogP contribution in [0, 0.1) is 0 Å². The number of hydrogen-bond acceptors (Lipinski definition) is 5. The Balaban J connectivity index is 1.86. The van der Waals surface area contributed by atoms with E-state index in [1.165, 1.54) is 6.07 Å². The van der Waals surface area contributed by atoms with Crippen molar-refractivity contribution in [3.63, 3.8) is 0 Å². The van der Waals surface area contributed by atoms with E-state index in [1.54, 1.807) is 7.11 Å². The van der Waals surface area contributed by atoms with Gasteiger partial charge in [-0.05, 0) is 42.7 Å². The number of benzene rings is 2. The Morgan fingerprint density at radius 2 is 1.88 bits per heavy atom. The van der Waals surface area contributed by atoms with E-state index in [0.29, 0.717) is 30.2 Å². The highest BCUT2D eigenvalue weighted by molar-refractivity contribution is 5.81. The molecule has 0 unspecified atom stereocenters. The second-order valence-corrected chi connectivity index (χ2v) is 5.93. The van der Waals surface area contributed by atoms with Crippen molar-refractivity contribution < 1.29 is 13.9 Å². The first-order valence-electron chi connectivity index (χ1n) is 8.75. The van der Waals surface area contributed by atoms with Crippen molar-refractivity contribution in [2.75, 3.05) is 19.0 Å². The minimum Gasteiger partial charge on any atom is -0.493 e. The van der Waals surface area contributed by atoms with Crippen molar-refractivity contribution in [2.24, 2.45) is 0 Å². The molecule has 3 aromatic rings. The molecule has 0 aliphatic heterocycles. The van der Waals surface area contributed by atoms with Crippen LogP contribution in [0.25, 0.3) is 11.0 Å². The van der Waals surface area contributed by atoms with Crippen LogP contribution in [-0.4, -0.2) is 13.7 Å². The summed E-state index contributed by atoms with van der Waals surface area (Å²) in [4.78, 5) is 11.9. The standard InChI is InChI=1S/C21H23NO4/c1-4-14-6-8-17-15(11-21(23)26-19(17)10-14)13-22-16-7-9-18(25-5-2)20(12-16)24-3/h6-12,22H,4-5,13H2,1-3H3.